The number of pyridine rings is 1. The Bertz CT molecular complexity index is 974. The maximum Gasteiger partial charge on any atom is 0.263 e. The van der Waals surface area contributed by atoms with Crippen LogP contribution in [0, 0.1) is 6.92 Å². The van der Waals surface area contributed by atoms with Gasteiger partial charge in [0.15, 0.2) is 0 Å². The highest BCUT2D eigenvalue weighted by atomic mass is 16.5. The molecule has 1 aliphatic carbocycles. The quantitative estimate of drug-likeness (QED) is 0.815. The molecule has 1 aliphatic heterocycles. The summed E-state index contributed by atoms with van der Waals surface area (Å²) in [4.78, 5) is 25.8. The summed E-state index contributed by atoms with van der Waals surface area (Å²) in [5.74, 6) is 0.434. The number of fused-ring (bicyclic) bond motifs is 1. The number of rotatable bonds is 6. The second kappa shape index (κ2) is 8.41. The van der Waals surface area contributed by atoms with Gasteiger partial charge in [0.2, 0.25) is 0 Å². The average Bonchev–Trinajstić information content (AvgIpc) is 3.39. The molecule has 1 fully saturated rings. The molecule has 1 N–H and O–H groups in total. The Morgan fingerprint density at radius 1 is 1.28 bits per heavy atom. The average molecular weight is 396 g/mol. The van der Waals surface area contributed by atoms with Gasteiger partial charge in [0.05, 0.1) is 19.8 Å². The summed E-state index contributed by atoms with van der Waals surface area (Å²) in [6, 6.07) is 6.02. The molecule has 2 aromatic rings. The summed E-state index contributed by atoms with van der Waals surface area (Å²) in [6.07, 6.45) is 7.04. The Balaban J connectivity index is 1.52. The molecular formula is C23H28N2O4. The van der Waals surface area contributed by atoms with Gasteiger partial charge in [0.1, 0.15) is 11.3 Å². The van der Waals surface area contributed by atoms with Crippen molar-refractivity contribution in [1.29, 1.82) is 0 Å². The molecule has 0 radical (unpaired) electrons. The topological polar surface area (TPSA) is 69.6 Å². The van der Waals surface area contributed by atoms with Crippen molar-refractivity contribution in [2.75, 3.05) is 13.7 Å². The Morgan fingerprint density at radius 3 is 2.79 bits per heavy atom. The number of benzene rings is 1. The first-order valence-electron chi connectivity index (χ1n) is 10.4. The smallest absolute Gasteiger partial charge is 0.263 e. The second-order valence-corrected chi connectivity index (χ2v) is 7.94. The summed E-state index contributed by atoms with van der Waals surface area (Å²) in [7, 11) is 1.65. The van der Waals surface area contributed by atoms with Crippen LogP contribution in [0.15, 0.2) is 29.2 Å². The molecule has 29 heavy (non-hydrogen) atoms. The van der Waals surface area contributed by atoms with Gasteiger partial charge in [-0.15, -0.1) is 0 Å². The first-order valence-corrected chi connectivity index (χ1v) is 10.4. The van der Waals surface area contributed by atoms with Crippen LogP contribution >= 0.6 is 0 Å². The molecule has 1 unspecified atom stereocenters. The van der Waals surface area contributed by atoms with Crippen molar-refractivity contribution in [3.8, 4) is 5.75 Å². The Morgan fingerprint density at radius 2 is 2.07 bits per heavy atom. The lowest BCUT2D eigenvalue weighted by Crippen LogP contribution is -2.35. The molecule has 6 nitrogen and oxygen atoms in total. The van der Waals surface area contributed by atoms with E-state index in [4.69, 9.17) is 9.47 Å². The fraction of sp³-hybridized carbons (Fsp3) is 0.478. The molecule has 1 atom stereocenters. The molecule has 0 bridgehead atoms. The summed E-state index contributed by atoms with van der Waals surface area (Å²) in [6.45, 7) is 3.34. The summed E-state index contributed by atoms with van der Waals surface area (Å²) < 4.78 is 12.7. The number of methoxy groups -OCH3 is 1. The predicted octanol–water partition coefficient (Wildman–Crippen LogP) is 2.76. The molecule has 154 valence electrons. The van der Waals surface area contributed by atoms with Crippen LogP contribution < -0.4 is 15.6 Å². The minimum atomic E-state index is -0.350. The van der Waals surface area contributed by atoms with Gasteiger partial charge in [-0.1, -0.05) is 6.07 Å². The van der Waals surface area contributed by atoms with E-state index in [1.165, 1.54) is 11.1 Å². The fourth-order valence-electron chi connectivity index (χ4n) is 4.34. The Kier molecular flexibility index (Phi) is 5.72. The summed E-state index contributed by atoms with van der Waals surface area (Å²) in [5, 5.41) is 2.92. The summed E-state index contributed by atoms with van der Waals surface area (Å²) >= 11 is 0. The van der Waals surface area contributed by atoms with Crippen molar-refractivity contribution in [3.63, 3.8) is 0 Å². The van der Waals surface area contributed by atoms with E-state index in [2.05, 4.69) is 17.4 Å². The number of aromatic nitrogens is 1. The highest BCUT2D eigenvalue weighted by Crippen LogP contribution is 2.29. The molecule has 1 aromatic carbocycles. The van der Waals surface area contributed by atoms with Crippen LogP contribution in [0.1, 0.15) is 51.9 Å². The van der Waals surface area contributed by atoms with E-state index < -0.39 is 0 Å². The van der Waals surface area contributed by atoms with Crippen molar-refractivity contribution < 1.29 is 14.3 Å². The van der Waals surface area contributed by atoms with E-state index in [0.29, 0.717) is 18.7 Å². The molecule has 0 saturated carbocycles. The SMILES string of the molecule is COc1cc2c(cc1CNC(=O)c1c(C)ccn(CC3CCCO3)c1=O)CCC2. The van der Waals surface area contributed by atoms with Gasteiger partial charge in [-0.25, -0.2) is 0 Å². The molecule has 2 aliphatic rings. The van der Waals surface area contributed by atoms with Gasteiger partial charge < -0.3 is 19.4 Å². The predicted molar refractivity (Wildman–Crippen MR) is 111 cm³/mol. The Hall–Kier alpha value is -2.60. The third kappa shape index (κ3) is 4.08. The molecule has 4 rings (SSSR count). The molecule has 1 amide bonds. The largest absolute Gasteiger partial charge is 0.496 e. The first-order chi connectivity index (χ1) is 14.1. The second-order valence-electron chi connectivity index (χ2n) is 7.94. The molecule has 1 saturated heterocycles. The van der Waals surface area contributed by atoms with Crippen molar-refractivity contribution in [2.45, 2.75) is 58.2 Å². The van der Waals surface area contributed by atoms with Crippen molar-refractivity contribution in [2.24, 2.45) is 0 Å². The van der Waals surface area contributed by atoms with Gasteiger partial charge in [-0.05, 0) is 67.9 Å². The van der Waals surface area contributed by atoms with Gasteiger partial charge in [0.25, 0.3) is 11.5 Å². The van der Waals surface area contributed by atoms with Crippen LogP contribution in [0.5, 0.6) is 5.75 Å². The molecule has 6 heteroatoms. The monoisotopic (exact) mass is 396 g/mol. The number of carbonyl (C=O) groups is 1. The Labute approximate surface area is 170 Å². The zero-order valence-corrected chi connectivity index (χ0v) is 17.1. The lowest BCUT2D eigenvalue weighted by atomic mass is 10.0. The zero-order chi connectivity index (χ0) is 20.4. The van der Waals surface area contributed by atoms with Gasteiger partial charge >= 0.3 is 0 Å². The highest BCUT2D eigenvalue weighted by molar-refractivity contribution is 5.95. The van der Waals surface area contributed by atoms with E-state index in [-0.39, 0.29) is 23.1 Å². The fourth-order valence-corrected chi connectivity index (χ4v) is 4.34. The molecule has 1 aromatic heterocycles. The summed E-state index contributed by atoms with van der Waals surface area (Å²) in [5.41, 5.74) is 4.20. The van der Waals surface area contributed by atoms with Crippen LogP contribution in [0.3, 0.4) is 0 Å². The standard InChI is InChI=1S/C23H28N2O4/c1-15-8-9-25(14-19-7-4-10-29-19)23(27)21(15)22(26)24-13-18-11-16-5-3-6-17(16)12-20(18)28-2/h8-9,11-12,19H,3-7,10,13-14H2,1-2H3,(H,24,26). The van der Waals surface area contributed by atoms with Crippen molar-refractivity contribution in [3.05, 3.63) is 62.6 Å². The van der Waals surface area contributed by atoms with Crippen LogP contribution in [-0.4, -0.2) is 30.3 Å². The van der Waals surface area contributed by atoms with Crippen LogP contribution in [-0.2, 0) is 30.7 Å². The van der Waals surface area contributed by atoms with Crippen LogP contribution in [0.2, 0.25) is 0 Å². The number of nitrogens with one attached hydrogen (secondary N) is 1. The number of hydrogen-bond donors (Lipinski definition) is 1. The van der Waals surface area contributed by atoms with Gasteiger partial charge in [-0.3, -0.25) is 9.59 Å². The van der Waals surface area contributed by atoms with E-state index in [9.17, 15) is 9.59 Å². The lowest BCUT2D eigenvalue weighted by Gasteiger charge is -2.15. The molecule has 0 spiro atoms. The lowest BCUT2D eigenvalue weighted by molar-refractivity contribution is 0.0928. The van der Waals surface area contributed by atoms with Crippen molar-refractivity contribution >= 4 is 5.91 Å². The first kappa shape index (κ1) is 19.7. The number of amides is 1. The minimum absolute atomic E-state index is 0.0435. The van der Waals surface area contributed by atoms with Gasteiger partial charge in [-0.2, -0.15) is 0 Å². The van der Waals surface area contributed by atoms with Crippen LogP contribution in [0.4, 0.5) is 0 Å². The number of hydrogen-bond acceptors (Lipinski definition) is 4. The zero-order valence-electron chi connectivity index (χ0n) is 17.1. The third-order valence-electron chi connectivity index (χ3n) is 5.96. The number of aryl methyl sites for hydroxylation is 3. The molecule has 2 heterocycles. The van der Waals surface area contributed by atoms with E-state index in [1.54, 1.807) is 24.8 Å². The van der Waals surface area contributed by atoms with Crippen LogP contribution in [0.25, 0.3) is 0 Å². The number of carbonyl (C=O) groups excluding carboxylic acids is 1. The van der Waals surface area contributed by atoms with E-state index in [0.717, 1.165) is 50.0 Å². The van der Waals surface area contributed by atoms with Gasteiger partial charge in [0, 0.05) is 24.9 Å². The maximum absolute atomic E-state index is 12.9. The van der Waals surface area contributed by atoms with Crippen molar-refractivity contribution in [1.82, 2.24) is 9.88 Å². The minimum Gasteiger partial charge on any atom is -0.496 e. The normalized spacial score (nSPS) is 17.9. The van der Waals surface area contributed by atoms with E-state index >= 15 is 0 Å². The van der Waals surface area contributed by atoms with E-state index in [1.807, 2.05) is 6.07 Å². The number of ether oxygens (including phenoxy) is 2. The maximum atomic E-state index is 12.9. The third-order valence-corrected chi connectivity index (χ3v) is 5.96. The number of nitrogens with zero attached hydrogens (tertiary/aromatic N) is 1. The highest BCUT2D eigenvalue weighted by Gasteiger charge is 2.21. The molecular weight excluding hydrogens is 368 g/mol.